The summed E-state index contributed by atoms with van der Waals surface area (Å²) in [5.74, 6) is -1.43. The quantitative estimate of drug-likeness (QED) is 0.366. The summed E-state index contributed by atoms with van der Waals surface area (Å²) >= 11 is 5.75. The molecule has 1 aromatic rings. The van der Waals surface area contributed by atoms with E-state index in [-0.39, 0.29) is 23.2 Å². The first-order valence-electron chi connectivity index (χ1n) is 7.83. The maximum Gasteiger partial charge on any atom is 0.339 e. The van der Waals surface area contributed by atoms with Crippen molar-refractivity contribution in [1.82, 2.24) is 5.32 Å². The molecule has 8 heteroatoms. The number of amides is 1. The van der Waals surface area contributed by atoms with Crippen LogP contribution in [0.2, 0.25) is 0 Å². The number of non-ortho nitro benzene ring substituents is 1. The lowest BCUT2D eigenvalue weighted by molar-refractivity contribution is -0.384. The molecule has 130 valence electrons. The van der Waals surface area contributed by atoms with Crippen molar-refractivity contribution < 1.29 is 19.2 Å². The lowest BCUT2D eigenvalue weighted by Gasteiger charge is -2.24. The number of esters is 1. The summed E-state index contributed by atoms with van der Waals surface area (Å²) in [5.41, 5.74) is -0.219. The fraction of sp³-hybridized carbons (Fsp3) is 0.500. The van der Waals surface area contributed by atoms with Gasteiger partial charge < -0.3 is 10.1 Å². The van der Waals surface area contributed by atoms with Gasteiger partial charge in [-0.25, -0.2) is 4.79 Å². The predicted molar refractivity (Wildman–Crippen MR) is 88.0 cm³/mol. The van der Waals surface area contributed by atoms with Gasteiger partial charge in [-0.2, -0.15) is 0 Å². The van der Waals surface area contributed by atoms with Gasteiger partial charge in [0.2, 0.25) is 0 Å². The Balaban J connectivity index is 1.98. The van der Waals surface area contributed by atoms with Gasteiger partial charge in [-0.05, 0) is 18.9 Å². The molecule has 0 heterocycles. The number of nitro groups is 1. The lowest BCUT2D eigenvalue weighted by Crippen LogP contribution is -2.44. The molecule has 0 saturated heterocycles. The molecular weight excluding hydrogens is 336 g/mol. The van der Waals surface area contributed by atoms with E-state index in [1.807, 2.05) is 0 Å². The van der Waals surface area contributed by atoms with Gasteiger partial charge in [-0.3, -0.25) is 14.9 Å². The van der Waals surface area contributed by atoms with Crippen molar-refractivity contribution >= 4 is 29.2 Å². The van der Waals surface area contributed by atoms with Crippen LogP contribution in [0.15, 0.2) is 24.3 Å². The van der Waals surface area contributed by atoms with E-state index in [0.717, 1.165) is 38.2 Å². The highest BCUT2D eigenvalue weighted by atomic mass is 35.5. The Morgan fingerprint density at radius 1 is 1.33 bits per heavy atom. The van der Waals surface area contributed by atoms with Gasteiger partial charge in [0.25, 0.3) is 11.6 Å². The molecule has 1 aliphatic carbocycles. The van der Waals surface area contributed by atoms with Crippen LogP contribution in [-0.2, 0) is 9.53 Å². The van der Waals surface area contributed by atoms with E-state index in [1.165, 1.54) is 18.2 Å². The molecule has 24 heavy (non-hydrogen) atoms. The highest BCUT2D eigenvalue weighted by Crippen LogP contribution is 2.18. The molecule has 0 radical (unpaired) electrons. The van der Waals surface area contributed by atoms with Gasteiger partial charge in [0.15, 0.2) is 6.10 Å². The molecule has 1 atom stereocenters. The molecule has 0 aromatic heterocycles. The normalized spacial score (nSPS) is 16.2. The van der Waals surface area contributed by atoms with E-state index in [1.54, 1.807) is 0 Å². The van der Waals surface area contributed by atoms with Crippen molar-refractivity contribution in [3.05, 3.63) is 39.9 Å². The van der Waals surface area contributed by atoms with E-state index in [4.69, 9.17) is 16.3 Å². The molecule has 1 saturated carbocycles. The first kappa shape index (κ1) is 18.2. The molecule has 1 unspecified atom stereocenters. The molecule has 7 nitrogen and oxygen atoms in total. The number of benzene rings is 1. The highest BCUT2D eigenvalue weighted by Gasteiger charge is 2.26. The van der Waals surface area contributed by atoms with Gasteiger partial charge in [-0.15, -0.1) is 11.6 Å². The van der Waals surface area contributed by atoms with Crippen molar-refractivity contribution in [1.29, 1.82) is 0 Å². The predicted octanol–water partition coefficient (Wildman–Crippen LogP) is 2.81. The van der Waals surface area contributed by atoms with Crippen LogP contribution >= 0.6 is 11.6 Å². The summed E-state index contributed by atoms with van der Waals surface area (Å²) in [7, 11) is 0. The second kappa shape index (κ2) is 8.63. The largest absolute Gasteiger partial charge is 0.447 e. The minimum atomic E-state index is -1.12. The fourth-order valence-corrected chi connectivity index (χ4v) is 2.84. The summed E-state index contributed by atoms with van der Waals surface area (Å²) in [6.07, 6.45) is 3.96. The number of carbonyl (C=O) groups is 2. The Kier molecular flexibility index (Phi) is 6.54. The zero-order valence-corrected chi connectivity index (χ0v) is 13.8. The monoisotopic (exact) mass is 354 g/mol. The number of rotatable bonds is 6. The third-order valence-corrected chi connectivity index (χ3v) is 4.21. The van der Waals surface area contributed by atoms with Crippen LogP contribution in [0, 0.1) is 10.1 Å². The summed E-state index contributed by atoms with van der Waals surface area (Å²) in [5, 5.41) is 13.6. The van der Waals surface area contributed by atoms with Gasteiger partial charge in [-0.1, -0.05) is 25.3 Å². The van der Waals surface area contributed by atoms with Crippen LogP contribution in [0.1, 0.15) is 42.5 Å². The number of carbonyl (C=O) groups excluding carboxylic acids is 2. The minimum Gasteiger partial charge on any atom is -0.447 e. The zero-order chi connectivity index (χ0) is 17.5. The smallest absolute Gasteiger partial charge is 0.339 e. The Morgan fingerprint density at radius 3 is 2.67 bits per heavy atom. The van der Waals surface area contributed by atoms with E-state index >= 15 is 0 Å². The van der Waals surface area contributed by atoms with Crippen LogP contribution in [0.4, 0.5) is 5.69 Å². The molecule has 0 spiro atoms. The van der Waals surface area contributed by atoms with Crippen LogP contribution in [0.5, 0.6) is 0 Å². The molecule has 1 amide bonds. The molecule has 0 aliphatic heterocycles. The topological polar surface area (TPSA) is 98.5 Å². The Labute approximate surface area is 144 Å². The summed E-state index contributed by atoms with van der Waals surface area (Å²) < 4.78 is 5.12. The molecule has 0 bridgehead atoms. The number of nitrogens with one attached hydrogen (secondary N) is 1. The summed E-state index contributed by atoms with van der Waals surface area (Å²) in [4.78, 5) is 34.5. The number of nitrogens with zero attached hydrogens (tertiary/aromatic N) is 1. The van der Waals surface area contributed by atoms with Gasteiger partial charge in [0.05, 0.1) is 16.4 Å². The summed E-state index contributed by atoms with van der Waals surface area (Å²) in [6, 6.07) is 5.22. The Bertz CT molecular complexity index is 616. The van der Waals surface area contributed by atoms with E-state index in [0.29, 0.717) is 0 Å². The third kappa shape index (κ3) is 4.92. The SMILES string of the molecule is O=C(OC(CCl)C(=O)NC1CCCCC1)c1cccc([N+](=O)[O-])c1. The molecule has 1 aromatic carbocycles. The number of nitro benzene ring substituents is 1. The van der Waals surface area contributed by atoms with Gasteiger partial charge >= 0.3 is 5.97 Å². The van der Waals surface area contributed by atoms with Gasteiger partial charge in [0.1, 0.15) is 0 Å². The van der Waals surface area contributed by atoms with Gasteiger partial charge in [0, 0.05) is 18.2 Å². The van der Waals surface area contributed by atoms with Crippen molar-refractivity contribution in [3.8, 4) is 0 Å². The molecule has 1 fully saturated rings. The second-order valence-electron chi connectivity index (χ2n) is 5.70. The van der Waals surface area contributed by atoms with Crippen molar-refractivity contribution in [2.45, 2.75) is 44.2 Å². The van der Waals surface area contributed by atoms with Crippen molar-refractivity contribution in [2.75, 3.05) is 5.88 Å². The van der Waals surface area contributed by atoms with Crippen LogP contribution in [0.25, 0.3) is 0 Å². The molecule has 1 N–H and O–H groups in total. The van der Waals surface area contributed by atoms with Crippen molar-refractivity contribution in [3.63, 3.8) is 0 Å². The van der Waals surface area contributed by atoms with E-state index < -0.39 is 22.9 Å². The average Bonchev–Trinajstić information content (AvgIpc) is 2.60. The molecule has 1 aliphatic rings. The standard InChI is InChI=1S/C16H19ClN2O5/c17-10-14(15(20)18-12-6-2-1-3-7-12)24-16(21)11-5-4-8-13(9-11)19(22)23/h4-5,8-9,12,14H,1-3,6-7,10H2,(H,18,20). The van der Waals surface area contributed by atoms with E-state index in [9.17, 15) is 19.7 Å². The molecule has 2 rings (SSSR count). The first-order chi connectivity index (χ1) is 11.5. The fourth-order valence-electron chi connectivity index (χ4n) is 2.64. The Morgan fingerprint density at radius 2 is 2.04 bits per heavy atom. The van der Waals surface area contributed by atoms with Crippen LogP contribution in [0.3, 0.4) is 0 Å². The summed E-state index contributed by atoms with van der Waals surface area (Å²) in [6.45, 7) is 0. The van der Waals surface area contributed by atoms with Crippen molar-refractivity contribution in [2.24, 2.45) is 0 Å². The number of alkyl halides is 1. The number of hydrogen-bond donors (Lipinski definition) is 1. The minimum absolute atomic E-state index is 0.00443. The second-order valence-corrected chi connectivity index (χ2v) is 6.01. The highest BCUT2D eigenvalue weighted by molar-refractivity contribution is 6.20. The lowest BCUT2D eigenvalue weighted by atomic mass is 9.95. The van der Waals surface area contributed by atoms with E-state index in [2.05, 4.69) is 5.32 Å². The first-order valence-corrected chi connectivity index (χ1v) is 8.36. The third-order valence-electron chi connectivity index (χ3n) is 3.93. The Hall–Kier alpha value is -2.15. The maximum atomic E-state index is 12.2. The maximum absolute atomic E-state index is 12.2. The van der Waals surface area contributed by atoms with Crippen LogP contribution < -0.4 is 5.32 Å². The average molecular weight is 355 g/mol. The number of hydrogen-bond acceptors (Lipinski definition) is 5. The number of halogens is 1. The number of ether oxygens (including phenoxy) is 1. The molecular formula is C16H19ClN2O5. The van der Waals surface area contributed by atoms with Crippen LogP contribution in [-0.4, -0.2) is 34.8 Å². The zero-order valence-electron chi connectivity index (χ0n) is 13.1.